The van der Waals surface area contributed by atoms with Crippen molar-refractivity contribution in [2.45, 2.75) is 19.6 Å². The maximum atomic E-state index is 7.94. The molecule has 0 saturated carbocycles. The Hall–Kier alpha value is -3.30. The second-order valence-corrected chi connectivity index (χ2v) is 9.60. The fraction of sp³-hybridized carbons (Fsp3) is 0. The number of benzene rings is 4. The van der Waals surface area contributed by atoms with E-state index in [1.54, 1.807) is 0 Å². The van der Waals surface area contributed by atoms with Gasteiger partial charge in [-0.15, -0.1) is 10.0 Å². The Labute approximate surface area is 167 Å². The minimum atomic E-state index is -1.72. The summed E-state index contributed by atoms with van der Waals surface area (Å²) >= 11 is 0. The van der Waals surface area contributed by atoms with Gasteiger partial charge in [0.25, 0.3) is 0 Å². The summed E-state index contributed by atoms with van der Waals surface area (Å²) in [5.74, 6) is 0.0873. The highest BCUT2D eigenvalue weighted by Gasteiger charge is 2.33. The van der Waals surface area contributed by atoms with Gasteiger partial charge in [0, 0.05) is 25.1 Å². The summed E-state index contributed by atoms with van der Waals surface area (Å²) in [4.78, 5) is 4.94. The molecule has 0 heterocycles. The largest absolute Gasteiger partial charge is 0.384 e. The lowest BCUT2D eigenvalue weighted by molar-refractivity contribution is 1.24. The summed E-state index contributed by atoms with van der Waals surface area (Å²) in [6.07, 6.45) is 0. The van der Waals surface area contributed by atoms with Crippen LogP contribution in [0.5, 0.6) is 0 Å². The molecule has 0 aliphatic rings. The molecule has 28 heavy (non-hydrogen) atoms. The average Bonchev–Trinajstić information content (AvgIpc) is 2.77. The Bertz CT molecular complexity index is 980. The van der Waals surface area contributed by atoms with Crippen LogP contribution in [0.3, 0.4) is 0 Å². The molecule has 4 rings (SSSR count). The molecular formula is C25H22N2S. The molecule has 0 aliphatic heterocycles. The minimum absolute atomic E-state index is 0.0873. The first-order valence-corrected chi connectivity index (χ1v) is 10.8. The van der Waals surface area contributed by atoms with Crippen molar-refractivity contribution < 1.29 is 0 Å². The highest BCUT2D eigenvalue weighted by molar-refractivity contribution is 8.34. The van der Waals surface area contributed by atoms with E-state index in [-0.39, 0.29) is 5.84 Å². The zero-order chi connectivity index (χ0) is 19.4. The molecule has 0 saturated heterocycles. The van der Waals surface area contributed by atoms with Gasteiger partial charge in [-0.3, -0.25) is 5.41 Å². The van der Waals surface area contributed by atoms with Crippen molar-refractivity contribution in [3.63, 3.8) is 0 Å². The standard InChI is InChI=1S/C25H22N2S/c26-25(27)20-11-10-18-24(19-20)28(21-12-4-1-5-13-21,22-14-6-2-7-15-22)23-16-8-3-9-17-23/h1-19H,(H3,26,27). The first kappa shape index (κ1) is 18.1. The van der Waals surface area contributed by atoms with Gasteiger partial charge in [-0.1, -0.05) is 66.7 Å². The molecule has 0 fully saturated rings. The number of nitrogen functional groups attached to an aromatic ring is 1. The summed E-state index contributed by atoms with van der Waals surface area (Å²) in [6.45, 7) is 0. The topological polar surface area (TPSA) is 49.9 Å². The lowest BCUT2D eigenvalue weighted by Gasteiger charge is -2.42. The smallest absolute Gasteiger partial charge is 0.122 e. The quantitative estimate of drug-likeness (QED) is 0.308. The summed E-state index contributed by atoms with van der Waals surface area (Å²) in [5, 5.41) is 7.94. The Morgan fingerprint density at radius 3 is 1.32 bits per heavy atom. The lowest BCUT2D eigenvalue weighted by Crippen LogP contribution is -2.12. The average molecular weight is 383 g/mol. The van der Waals surface area contributed by atoms with Crippen LogP contribution in [-0.4, -0.2) is 5.84 Å². The Morgan fingerprint density at radius 1 is 0.536 bits per heavy atom. The Morgan fingerprint density at radius 2 is 0.929 bits per heavy atom. The second-order valence-electron chi connectivity index (χ2n) is 6.49. The summed E-state index contributed by atoms with van der Waals surface area (Å²) in [7, 11) is -1.72. The van der Waals surface area contributed by atoms with E-state index < -0.39 is 10.0 Å². The zero-order valence-electron chi connectivity index (χ0n) is 15.5. The van der Waals surface area contributed by atoms with Gasteiger partial charge in [0.15, 0.2) is 0 Å². The third-order valence-corrected chi connectivity index (χ3v) is 8.69. The summed E-state index contributed by atoms with van der Waals surface area (Å²) < 4.78 is 0. The normalized spacial score (nSPS) is 11.7. The fourth-order valence-corrected chi connectivity index (χ4v) is 7.46. The number of nitrogens with two attached hydrogens (primary N) is 1. The predicted octanol–water partition coefficient (Wildman–Crippen LogP) is 6.31. The van der Waals surface area contributed by atoms with Crippen LogP contribution in [-0.2, 0) is 0 Å². The molecule has 0 aliphatic carbocycles. The van der Waals surface area contributed by atoms with E-state index in [9.17, 15) is 0 Å². The first-order chi connectivity index (χ1) is 13.7. The monoisotopic (exact) mass is 382 g/mol. The molecule has 0 unspecified atom stereocenters. The van der Waals surface area contributed by atoms with Crippen molar-refractivity contribution in [3.8, 4) is 0 Å². The van der Waals surface area contributed by atoms with Gasteiger partial charge in [-0.25, -0.2) is 0 Å². The van der Waals surface area contributed by atoms with E-state index in [4.69, 9.17) is 11.1 Å². The molecular weight excluding hydrogens is 360 g/mol. The van der Waals surface area contributed by atoms with Crippen LogP contribution in [0, 0.1) is 5.41 Å². The summed E-state index contributed by atoms with van der Waals surface area (Å²) in [5.41, 5.74) is 6.58. The van der Waals surface area contributed by atoms with Crippen LogP contribution < -0.4 is 5.73 Å². The van der Waals surface area contributed by atoms with Crippen molar-refractivity contribution in [1.29, 1.82) is 5.41 Å². The van der Waals surface area contributed by atoms with Crippen LogP contribution in [0.1, 0.15) is 5.56 Å². The van der Waals surface area contributed by atoms with Crippen LogP contribution >= 0.6 is 10.0 Å². The fourth-order valence-electron chi connectivity index (χ4n) is 3.54. The van der Waals surface area contributed by atoms with E-state index in [1.807, 2.05) is 12.1 Å². The van der Waals surface area contributed by atoms with Gasteiger partial charge in [0.2, 0.25) is 0 Å². The molecule has 0 radical (unpaired) electrons. The van der Waals surface area contributed by atoms with Crippen molar-refractivity contribution in [1.82, 2.24) is 0 Å². The molecule has 3 N–H and O–H groups in total. The highest BCUT2D eigenvalue weighted by atomic mass is 32.3. The molecule has 4 aromatic carbocycles. The van der Waals surface area contributed by atoms with Crippen LogP contribution in [0.4, 0.5) is 0 Å². The number of amidine groups is 1. The molecule has 4 aromatic rings. The molecule has 0 amide bonds. The molecule has 0 aromatic heterocycles. The van der Waals surface area contributed by atoms with Gasteiger partial charge in [-0.05, 0) is 48.5 Å². The van der Waals surface area contributed by atoms with E-state index in [0.717, 1.165) is 5.56 Å². The highest BCUT2D eigenvalue weighted by Crippen LogP contribution is 2.73. The Balaban J connectivity index is 2.13. The van der Waals surface area contributed by atoms with Crippen molar-refractivity contribution in [2.24, 2.45) is 5.73 Å². The third kappa shape index (κ3) is 3.10. The van der Waals surface area contributed by atoms with E-state index in [2.05, 4.69) is 103 Å². The third-order valence-electron chi connectivity index (χ3n) is 4.79. The number of hydrogen-bond acceptors (Lipinski definition) is 1. The molecule has 2 nitrogen and oxygen atoms in total. The Kier molecular flexibility index (Phi) is 5.00. The number of nitrogens with one attached hydrogen (secondary N) is 1. The zero-order valence-corrected chi connectivity index (χ0v) is 16.3. The second kappa shape index (κ2) is 7.75. The molecule has 138 valence electrons. The molecule has 3 heteroatoms. The van der Waals surface area contributed by atoms with Gasteiger partial charge in [-0.2, -0.15) is 0 Å². The lowest BCUT2D eigenvalue weighted by atomic mass is 10.2. The predicted molar refractivity (Wildman–Crippen MR) is 117 cm³/mol. The minimum Gasteiger partial charge on any atom is -0.384 e. The van der Waals surface area contributed by atoms with Crippen molar-refractivity contribution >= 4 is 15.9 Å². The molecule has 0 bridgehead atoms. The van der Waals surface area contributed by atoms with E-state index in [1.165, 1.54) is 19.6 Å². The van der Waals surface area contributed by atoms with Crippen LogP contribution in [0.2, 0.25) is 0 Å². The van der Waals surface area contributed by atoms with Crippen LogP contribution in [0.15, 0.2) is 135 Å². The molecule has 0 atom stereocenters. The van der Waals surface area contributed by atoms with Gasteiger partial charge < -0.3 is 5.73 Å². The van der Waals surface area contributed by atoms with Crippen molar-refractivity contribution in [2.75, 3.05) is 0 Å². The first-order valence-electron chi connectivity index (χ1n) is 9.16. The SMILES string of the molecule is N=C(N)c1cccc(S(c2ccccc2)(c2ccccc2)c2ccccc2)c1. The summed E-state index contributed by atoms with van der Waals surface area (Å²) in [6, 6.07) is 40.1. The van der Waals surface area contributed by atoms with Crippen molar-refractivity contribution in [3.05, 3.63) is 121 Å². The van der Waals surface area contributed by atoms with Crippen LogP contribution in [0.25, 0.3) is 0 Å². The van der Waals surface area contributed by atoms with E-state index >= 15 is 0 Å². The number of rotatable bonds is 5. The van der Waals surface area contributed by atoms with Gasteiger partial charge in [0.05, 0.1) is 0 Å². The van der Waals surface area contributed by atoms with E-state index in [0.29, 0.717) is 0 Å². The van der Waals surface area contributed by atoms with Gasteiger partial charge in [0.1, 0.15) is 5.84 Å². The maximum Gasteiger partial charge on any atom is 0.122 e. The van der Waals surface area contributed by atoms with Gasteiger partial charge >= 0.3 is 0 Å². The number of hydrogen-bond donors (Lipinski definition) is 2. The maximum absolute atomic E-state index is 7.94. The molecule has 0 spiro atoms.